The summed E-state index contributed by atoms with van der Waals surface area (Å²) in [5.41, 5.74) is 0.670. The van der Waals surface area contributed by atoms with E-state index in [9.17, 15) is 13.2 Å². The van der Waals surface area contributed by atoms with Crippen LogP contribution in [-0.2, 0) is 10.0 Å². The van der Waals surface area contributed by atoms with Crippen LogP contribution < -0.4 is 24.2 Å². The van der Waals surface area contributed by atoms with Crippen LogP contribution in [0.2, 0.25) is 0 Å². The Bertz CT molecular complexity index is 1330. The number of nitrogens with one attached hydrogen (secondary N) is 2. The fourth-order valence-corrected chi connectivity index (χ4v) is 4.24. The zero-order valence-corrected chi connectivity index (χ0v) is 18.1. The molecule has 1 amide bonds. The number of hydrogen-bond acceptors (Lipinski definition) is 7. The molecule has 0 unspecified atom stereocenters. The Hall–Kier alpha value is -4.23. The smallest absolute Gasteiger partial charge is 0.262 e. The molecular formula is C23H19N3O6S. The van der Waals surface area contributed by atoms with Crippen molar-refractivity contribution in [3.05, 3.63) is 72.3 Å². The Morgan fingerprint density at radius 2 is 1.79 bits per heavy atom. The van der Waals surface area contributed by atoms with Gasteiger partial charge in [-0.25, -0.2) is 8.42 Å². The van der Waals surface area contributed by atoms with Gasteiger partial charge >= 0.3 is 0 Å². The predicted molar refractivity (Wildman–Crippen MR) is 120 cm³/mol. The van der Waals surface area contributed by atoms with Crippen LogP contribution >= 0.6 is 0 Å². The van der Waals surface area contributed by atoms with Gasteiger partial charge in [0, 0.05) is 17.8 Å². The molecular weight excluding hydrogens is 446 g/mol. The summed E-state index contributed by atoms with van der Waals surface area (Å²) in [6.07, 6.45) is 0. The molecule has 4 rings (SSSR count). The summed E-state index contributed by atoms with van der Waals surface area (Å²) in [5.74, 6) is 0.712. The second kappa shape index (κ2) is 9.50. The van der Waals surface area contributed by atoms with Crippen molar-refractivity contribution in [1.82, 2.24) is 0 Å². The lowest BCUT2D eigenvalue weighted by Gasteiger charge is -2.19. The third-order valence-electron chi connectivity index (χ3n) is 4.64. The van der Waals surface area contributed by atoms with E-state index in [0.717, 1.165) is 0 Å². The van der Waals surface area contributed by atoms with E-state index in [1.54, 1.807) is 36.4 Å². The highest BCUT2D eigenvalue weighted by Crippen LogP contribution is 2.33. The minimum atomic E-state index is -4.01. The average molecular weight is 465 g/mol. The topological polar surface area (TPSA) is 127 Å². The number of ether oxygens (including phenoxy) is 3. The van der Waals surface area contributed by atoms with Crippen LogP contribution in [0.25, 0.3) is 0 Å². The molecule has 1 heterocycles. The van der Waals surface area contributed by atoms with Crippen molar-refractivity contribution < 1.29 is 27.4 Å². The summed E-state index contributed by atoms with van der Waals surface area (Å²) >= 11 is 0. The molecule has 0 saturated carbocycles. The first-order chi connectivity index (χ1) is 16.0. The molecule has 3 aromatic carbocycles. The summed E-state index contributed by atoms with van der Waals surface area (Å²) in [6.45, 7) is 0.602. The fraction of sp³-hybridized carbons (Fsp3) is 0.130. The van der Waals surface area contributed by atoms with E-state index in [-0.39, 0.29) is 22.8 Å². The van der Waals surface area contributed by atoms with E-state index in [1.807, 2.05) is 6.07 Å². The highest BCUT2D eigenvalue weighted by Gasteiger charge is 2.22. The molecule has 1 aliphatic rings. The maximum Gasteiger partial charge on any atom is 0.262 e. The molecule has 1 aliphatic heterocycles. The van der Waals surface area contributed by atoms with Crippen molar-refractivity contribution >= 4 is 27.3 Å². The quantitative estimate of drug-likeness (QED) is 0.547. The standard InChI is InChI=1S/C23H19N3O6S/c24-10-11-30-17-5-3-4-16(14-17)25-23(27)19-6-1-2-7-20(19)26-33(28,29)18-8-9-21-22(15-18)32-13-12-31-21/h1-9,14-15,26H,11-13H2,(H,25,27). The number of nitriles is 1. The molecule has 0 aromatic heterocycles. The summed E-state index contributed by atoms with van der Waals surface area (Å²) in [5, 5.41) is 11.3. The van der Waals surface area contributed by atoms with Gasteiger partial charge in [0.15, 0.2) is 18.1 Å². The van der Waals surface area contributed by atoms with Crippen molar-refractivity contribution in [3.63, 3.8) is 0 Å². The van der Waals surface area contributed by atoms with Crippen LogP contribution in [0.1, 0.15) is 10.4 Å². The zero-order valence-electron chi connectivity index (χ0n) is 17.3. The molecule has 3 aromatic rings. The first kappa shape index (κ1) is 22.0. The minimum absolute atomic E-state index is 0.0238. The van der Waals surface area contributed by atoms with Gasteiger partial charge in [0.05, 0.1) is 16.1 Å². The van der Waals surface area contributed by atoms with E-state index >= 15 is 0 Å². The maximum absolute atomic E-state index is 13.0. The highest BCUT2D eigenvalue weighted by molar-refractivity contribution is 7.92. The first-order valence-corrected chi connectivity index (χ1v) is 11.4. The molecule has 0 spiro atoms. The SMILES string of the molecule is N#CCOc1cccc(NC(=O)c2ccccc2NS(=O)(=O)c2ccc3c(c2)OCCO3)c1. The number of rotatable bonds is 7. The molecule has 0 saturated heterocycles. The van der Waals surface area contributed by atoms with Gasteiger partial charge in [-0.05, 0) is 36.4 Å². The van der Waals surface area contributed by atoms with E-state index < -0.39 is 15.9 Å². The van der Waals surface area contributed by atoms with E-state index in [4.69, 9.17) is 19.5 Å². The second-order valence-electron chi connectivity index (χ2n) is 6.89. The number of para-hydroxylation sites is 1. The van der Waals surface area contributed by atoms with Gasteiger partial charge in [0.25, 0.3) is 15.9 Å². The molecule has 0 aliphatic carbocycles. The van der Waals surface area contributed by atoms with Gasteiger partial charge in [-0.15, -0.1) is 0 Å². The van der Waals surface area contributed by atoms with Crippen molar-refractivity contribution in [2.45, 2.75) is 4.90 Å². The average Bonchev–Trinajstić information content (AvgIpc) is 2.82. The monoisotopic (exact) mass is 465 g/mol. The van der Waals surface area contributed by atoms with Gasteiger partial charge < -0.3 is 19.5 Å². The number of anilines is 2. The van der Waals surface area contributed by atoms with Gasteiger partial charge in [-0.2, -0.15) is 5.26 Å². The summed E-state index contributed by atoms with van der Waals surface area (Å²) in [7, 11) is -4.01. The Morgan fingerprint density at radius 1 is 1.00 bits per heavy atom. The number of fused-ring (bicyclic) bond motifs is 1. The number of amides is 1. The Kier molecular flexibility index (Phi) is 6.33. The second-order valence-corrected chi connectivity index (χ2v) is 8.57. The number of benzene rings is 3. The lowest BCUT2D eigenvalue weighted by atomic mass is 10.1. The fourth-order valence-electron chi connectivity index (χ4n) is 3.14. The third kappa shape index (κ3) is 5.16. The predicted octanol–water partition coefficient (Wildman–Crippen LogP) is 3.41. The number of carbonyl (C=O) groups is 1. The van der Waals surface area contributed by atoms with Crippen LogP contribution in [0.15, 0.2) is 71.6 Å². The van der Waals surface area contributed by atoms with Crippen LogP contribution in [0.3, 0.4) is 0 Å². The van der Waals surface area contributed by atoms with Crippen LogP contribution in [0, 0.1) is 11.3 Å². The molecule has 10 heteroatoms. The number of hydrogen-bond donors (Lipinski definition) is 2. The van der Waals surface area contributed by atoms with Crippen LogP contribution in [-0.4, -0.2) is 34.1 Å². The van der Waals surface area contributed by atoms with Crippen molar-refractivity contribution in [2.24, 2.45) is 0 Å². The molecule has 0 atom stereocenters. The highest BCUT2D eigenvalue weighted by atomic mass is 32.2. The largest absolute Gasteiger partial charge is 0.486 e. The molecule has 168 valence electrons. The summed E-state index contributed by atoms with van der Waals surface area (Å²) < 4.78 is 44.6. The van der Waals surface area contributed by atoms with E-state index in [2.05, 4.69) is 10.0 Å². The summed E-state index contributed by atoms with van der Waals surface area (Å²) in [6, 6.07) is 19.0. The molecule has 33 heavy (non-hydrogen) atoms. The Morgan fingerprint density at radius 3 is 2.61 bits per heavy atom. The van der Waals surface area contributed by atoms with Gasteiger partial charge in [0.1, 0.15) is 25.0 Å². The normalized spacial score (nSPS) is 12.3. The lowest BCUT2D eigenvalue weighted by molar-refractivity contribution is 0.102. The Balaban J connectivity index is 1.55. The van der Waals surface area contributed by atoms with Crippen LogP contribution in [0.4, 0.5) is 11.4 Å². The molecule has 0 fully saturated rings. The maximum atomic E-state index is 13.0. The number of sulfonamides is 1. The van der Waals surface area contributed by atoms with Crippen molar-refractivity contribution in [1.29, 1.82) is 5.26 Å². The van der Waals surface area contributed by atoms with Crippen LogP contribution in [0.5, 0.6) is 17.2 Å². The number of carbonyl (C=O) groups excluding carboxylic acids is 1. The zero-order chi connectivity index (χ0) is 23.3. The van der Waals surface area contributed by atoms with E-state index in [1.165, 1.54) is 30.3 Å². The Labute approximate surface area is 190 Å². The summed E-state index contributed by atoms with van der Waals surface area (Å²) in [4.78, 5) is 12.9. The molecule has 0 radical (unpaired) electrons. The number of nitrogens with zero attached hydrogens (tertiary/aromatic N) is 1. The van der Waals surface area contributed by atoms with Crippen molar-refractivity contribution in [2.75, 3.05) is 29.9 Å². The van der Waals surface area contributed by atoms with E-state index in [0.29, 0.717) is 36.1 Å². The van der Waals surface area contributed by atoms with Gasteiger partial charge in [-0.3, -0.25) is 9.52 Å². The molecule has 2 N–H and O–H groups in total. The molecule has 0 bridgehead atoms. The third-order valence-corrected chi connectivity index (χ3v) is 6.00. The lowest BCUT2D eigenvalue weighted by Crippen LogP contribution is -2.19. The molecule has 9 nitrogen and oxygen atoms in total. The van der Waals surface area contributed by atoms with Gasteiger partial charge in [-0.1, -0.05) is 18.2 Å². The van der Waals surface area contributed by atoms with Crippen molar-refractivity contribution in [3.8, 4) is 23.3 Å². The first-order valence-electron chi connectivity index (χ1n) is 9.89. The van der Waals surface area contributed by atoms with Gasteiger partial charge in [0.2, 0.25) is 0 Å². The minimum Gasteiger partial charge on any atom is -0.486 e.